The highest BCUT2D eigenvalue weighted by molar-refractivity contribution is 7.99. The maximum absolute atomic E-state index is 11.7. The van der Waals surface area contributed by atoms with Crippen molar-refractivity contribution in [2.75, 3.05) is 5.75 Å². The number of amides is 2. The Labute approximate surface area is 124 Å². The predicted octanol–water partition coefficient (Wildman–Crippen LogP) is 2.41. The van der Waals surface area contributed by atoms with Crippen LogP contribution in [0.5, 0.6) is 0 Å². The van der Waals surface area contributed by atoms with Crippen LogP contribution in [0.25, 0.3) is 0 Å². The molecule has 1 aromatic carbocycles. The van der Waals surface area contributed by atoms with Gasteiger partial charge in [-0.05, 0) is 30.2 Å². The highest BCUT2D eigenvalue weighted by Gasteiger charge is 2.21. The lowest BCUT2D eigenvalue weighted by Gasteiger charge is -2.16. The number of primary amides is 2. The SMILES string of the molecule is CCCCSc1ccccc1C(CCC(N)=O)C(N)=O. The third kappa shape index (κ3) is 5.25. The summed E-state index contributed by atoms with van der Waals surface area (Å²) in [5.41, 5.74) is 11.5. The summed E-state index contributed by atoms with van der Waals surface area (Å²) in [6, 6.07) is 7.74. The highest BCUT2D eigenvalue weighted by atomic mass is 32.2. The van der Waals surface area contributed by atoms with Gasteiger partial charge in [-0.2, -0.15) is 0 Å². The maximum atomic E-state index is 11.7. The molecule has 110 valence electrons. The van der Waals surface area contributed by atoms with Gasteiger partial charge in [-0.1, -0.05) is 31.5 Å². The summed E-state index contributed by atoms with van der Waals surface area (Å²) in [4.78, 5) is 23.6. The average molecular weight is 294 g/mol. The zero-order chi connectivity index (χ0) is 15.0. The van der Waals surface area contributed by atoms with E-state index in [-0.39, 0.29) is 6.42 Å². The Morgan fingerprint density at radius 2 is 1.95 bits per heavy atom. The van der Waals surface area contributed by atoms with Gasteiger partial charge >= 0.3 is 0 Å². The van der Waals surface area contributed by atoms with E-state index in [1.165, 1.54) is 0 Å². The van der Waals surface area contributed by atoms with Crippen molar-refractivity contribution in [3.8, 4) is 0 Å². The van der Waals surface area contributed by atoms with Gasteiger partial charge in [-0.25, -0.2) is 0 Å². The van der Waals surface area contributed by atoms with Crippen molar-refractivity contribution in [1.29, 1.82) is 0 Å². The van der Waals surface area contributed by atoms with E-state index in [0.717, 1.165) is 29.1 Å². The van der Waals surface area contributed by atoms with Crippen molar-refractivity contribution >= 4 is 23.6 Å². The first-order chi connectivity index (χ1) is 9.56. The largest absolute Gasteiger partial charge is 0.370 e. The fourth-order valence-electron chi connectivity index (χ4n) is 1.96. The molecular weight excluding hydrogens is 272 g/mol. The summed E-state index contributed by atoms with van der Waals surface area (Å²) in [6.07, 6.45) is 2.80. The molecule has 0 aliphatic heterocycles. The van der Waals surface area contributed by atoms with E-state index >= 15 is 0 Å². The first-order valence-corrected chi connectivity index (χ1v) is 7.84. The van der Waals surface area contributed by atoms with Gasteiger partial charge in [0.15, 0.2) is 0 Å². The summed E-state index contributed by atoms with van der Waals surface area (Å²) in [5.74, 6) is -0.260. The molecule has 0 bridgehead atoms. The van der Waals surface area contributed by atoms with Gasteiger partial charge in [0.25, 0.3) is 0 Å². The van der Waals surface area contributed by atoms with Gasteiger partial charge in [0, 0.05) is 11.3 Å². The van der Waals surface area contributed by atoms with Crippen LogP contribution in [0.1, 0.15) is 44.1 Å². The van der Waals surface area contributed by atoms with Gasteiger partial charge in [0.1, 0.15) is 0 Å². The van der Waals surface area contributed by atoms with Crippen molar-refractivity contribution in [3.05, 3.63) is 29.8 Å². The van der Waals surface area contributed by atoms with E-state index in [9.17, 15) is 9.59 Å². The van der Waals surface area contributed by atoms with Crippen molar-refractivity contribution in [2.45, 2.75) is 43.4 Å². The molecule has 1 atom stereocenters. The molecule has 1 aromatic rings. The quantitative estimate of drug-likeness (QED) is 0.541. The lowest BCUT2D eigenvalue weighted by molar-refractivity contribution is -0.120. The minimum absolute atomic E-state index is 0.168. The fraction of sp³-hybridized carbons (Fsp3) is 0.467. The van der Waals surface area contributed by atoms with E-state index in [1.54, 1.807) is 11.8 Å². The summed E-state index contributed by atoms with van der Waals surface area (Å²) in [5, 5.41) is 0. The first-order valence-electron chi connectivity index (χ1n) is 6.85. The molecule has 1 rings (SSSR count). The number of hydrogen-bond donors (Lipinski definition) is 2. The summed E-state index contributed by atoms with van der Waals surface area (Å²) in [6.45, 7) is 2.14. The van der Waals surface area contributed by atoms with Crippen LogP contribution in [-0.4, -0.2) is 17.6 Å². The Bertz CT molecular complexity index is 463. The van der Waals surface area contributed by atoms with E-state index in [1.807, 2.05) is 24.3 Å². The third-order valence-corrected chi connectivity index (χ3v) is 4.25. The van der Waals surface area contributed by atoms with Crippen LogP contribution in [0.3, 0.4) is 0 Å². The zero-order valence-electron chi connectivity index (χ0n) is 11.8. The molecule has 0 aliphatic carbocycles. The predicted molar refractivity (Wildman–Crippen MR) is 82.4 cm³/mol. The number of hydrogen-bond acceptors (Lipinski definition) is 3. The number of thioether (sulfide) groups is 1. The molecule has 5 heteroatoms. The zero-order valence-corrected chi connectivity index (χ0v) is 12.6. The van der Waals surface area contributed by atoms with Crippen LogP contribution in [0.4, 0.5) is 0 Å². The summed E-state index contributed by atoms with van der Waals surface area (Å²) in [7, 11) is 0. The topological polar surface area (TPSA) is 86.2 Å². The Balaban J connectivity index is 2.88. The molecule has 0 aromatic heterocycles. The monoisotopic (exact) mass is 294 g/mol. The summed E-state index contributed by atoms with van der Waals surface area (Å²) >= 11 is 1.73. The molecule has 4 nitrogen and oxygen atoms in total. The van der Waals surface area contributed by atoms with Crippen LogP contribution >= 0.6 is 11.8 Å². The number of benzene rings is 1. The minimum atomic E-state index is -0.451. The second-order valence-corrected chi connectivity index (χ2v) is 5.84. The van der Waals surface area contributed by atoms with Gasteiger partial charge in [0.05, 0.1) is 5.92 Å². The molecule has 1 unspecified atom stereocenters. The highest BCUT2D eigenvalue weighted by Crippen LogP contribution is 2.31. The summed E-state index contributed by atoms with van der Waals surface area (Å²) < 4.78 is 0. The maximum Gasteiger partial charge on any atom is 0.225 e. The number of carbonyl (C=O) groups is 2. The Morgan fingerprint density at radius 1 is 1.25 bits per heavy atom. The normalized spacial score (nSPS) is 12.1. The van der Waals surface area contributed by atoms with Gasteiger partial charge < -0.3 is 11.5 Å². The molecular formula is C15H22N2O2S. The van der Waals surface area contributed by atoms with E-state index in [2.05, 4.69) is 6.92 Å². The van der Waals surface area contributed by atoms with E-state index < -0.39 is 17.7 Å². The number of rotatable bonds is 9. The smallest absolute Gasteiger partial charge is 0.225 e. The fourth-order valence-corrected chi connectivity index (χ4v) is 3.17. The van der Waals surface area contributed by atoms with Crippen molar-refractivity contribution in [3.63, 3.8) is 0 Å². The van der Waals surface area contributed by atoms with Crippen LogP contribution < -0.4 is 11.5 Å². The second-order valence-electron chi connectivity index (χ2n) is 4.70. The number of unbranched alkanes of at least 4 members (excludes halogenated alkanes) is 1. The molecule has 2 amide bonds. The molecule has 20 heavy (non-hydrogen) atoms. The van der Waals surface area contributed by atoms with Crippen LogP contribution in [0, 0.1) is 0 Å². The van der Waals surface area contributed by atoms with Gasteiger partial charge in [-0.3, -0.25) is 9.59 Å². The molecule has 0 saturated heterocycles. The molecule has 0 heterocycles. The van der Waals surface area contributed by atoms with Crippen molar-refractivity contribution in [1.82, 2.24) is 0 Å². The van der Waals surface area contributed by atoms with Crippen LogP contribution in [0.2, 0.25) is 0 Å². The van der Waals surface area contributed by atoms with Crippen LogP contribution in [-0.2, 0) is 9.59 Å². The van der Waals surface area contributed by atoms with Crippen molar-refractivity contribution < 1.29 is 9.59 Å². The van der Waals surface area contributed by atoms with Gasteiger partial charge in [0.2, 0.25) is 11.8 Å². The lowest BCUT2D eigenvalue weighted by Crippen LogP contribution is -2.24. The lowest BCUT2D eigenvalue weighted by atomic mass is 9.93. The van der Waals surface area contributed by atoms with E-state index in [0.29, 0.717) is 6.42 Å². The number of nitrogens with two attached hydrogens (primary N) is 2. The Morgan fingerprint density at radius 3 is 2.55 bits per heavy atom. The standard InChI is InChI=1S/C15H22N2O2S/c1-2-3-10-20-13-7-5-4-6-11(13)12(15(17)19)8-9-14(16)18/h4-7,12H,2-3,8-10H2,1H3,(H2,16,18)(H2,17,19). The Kier molecular flexibility index (Phi) is 7.15. The molecule has 0 fully saturated rings. The number of carbonyl (C=O) groups excluding carboxylic acids is 2. The van der Waals surface area contributed by atoms with Crippen LogP contribution in [0.15, 0.2) is 29.2 Å². The Hall–Kier alpha value is -1.49. The first kappa shape index (κ1) is 16.6. The molecule has 0 radical (unpaired) electrons. The molecule has 0 spiro atoms. The second kappa shape index (κ2) is 8.64. The van der Waals surface area contributed by atoms with Crippen molar-refractivity contribution in [2.24, 2.45) is 11.5 Å². The van der Waals surface area contributed by atoms with E-state index in [4.69, 9.17) is 11.5 Å². The van der Waals surface area contributed by atoms with Gasteiger partial charge in [-0.15, -0.1) is 11.8 Å². The average Bonchev–Trinajstić information content (AvgIpc) is 2.40. The molecule has 0 aliphatic rings. The molecule has 4 N–H and O–H groups in total. The molecule has 0 saturated carbocycles. The third-order valence-electron chi connectivity index (χ3n) is 3.07. The minimum Gasteiger partial charge on any atom is -0.370 e.